The lowest BCUT2D eigenvalue weighted by Gasteiger charge is -2.17. The van der Waals surface area contributed by atoms with E-state index in [0.717, 1.165) is 28.2 Å². The van der Waals surface area contributed by atoms with Crippen molar-refractivity contribution in [3.05, 3.63) is 107 Å². The molecule has 1 N–H and O–H groups in total. The van der Waals surface area contributed by atoms with Crippen LogP contribution in [-0.4, -0.2) is 20.7 Å². The molecule has 156 valence electrons. The number of rotatable bonds is 7. The molecule has 0 aliphatic rings. The lowest BCUT2D eigenvalue weighted by atomic mass is 10.1. The first-order valence-corrected chi connectivity index (χ1v) is 11.0. The van der Waals surface area contributed by atoms with Crippen molar-refractivity contribution >= 4 is 23.4 Å². The second-order valence-electron chi connectivity index (χ2n) is 7.37. The van der Waals surface area contributed by atoms with Crippen molar-refractivity contribution in [1.29, 1.82) is 0 Å². The summed E-state index contributed by atoms with van der Waals surface area (Å²) in [5, 5.41) is 12.0. The summed E-state index contributed by atoms with van der Waals surface area (Å²) in [6.07, 6.45) is 0. The Morgan fingerprint density at radius 1 is 0.903 bits per heavy atom. The lowest BCUT2D eigenvalue weighted by Crippen LogP contribution is -2.19. The molecule has 0 saturated heterocycles. The Hall–Kier alpha value is -3.38. The standard InChI is InChI=1S/C25H24N4OS/c1-18-13-15-22(16-14-18)26-24(30)23(21-11-7-4-8-12-21)31-25-28-27-19(2)29(25)17-20-9-5-3-6-10-20/h3-16,23H,17H2,1-2H3,(H,26,30)/t23-/m1/s1. The molecular weight excluding hydrogens is 404 g/mol. The number of anilines is 1. The molecule has 0 spiro atoms. The highest BCUT2D eigenvalue weighted by Crippen LogP contribution is 2.36. The summed E-state index contributed by atoms with van der Waals surface area (Å²) in [4.78, 5) is 13.3. The Bertz CT molecular complexity index is 1140. The molecule has 0 bridgehead atoms. The monoisotopic (exact) mass is 428 g/mol. The molecule has 4 aromatic rings. The maximum atomic E-state index is 13.3. The Morgan fingerprint density at radius 2 is 1.55 bits per heavy atom. The number of nitrogens with zero attached hydrogens (tertiary/aromatic N) is 3. The van der Waals surface area contributed by atoms with Crippen LogP contribution in [-0.2, 0) is 11.3 Å². The molecule has 1 aromatic heterocycles. The van der Waals surface area contributed by atoms with Gasteiger partial charge in [0.15, 0.2) is 5.16 Å². The Labute approximate surface area is 186 Å². The first-order valence-electron chi connectivity index (χ1n) is 10.1. The molecule has 0 saturated carbocycles. The van der Waals surface area contributed by atoms with Gasteiger partial charge in [0.2, 0.25) is 5.91 Å². The molecule has 4 rings (SSSR count). The summed E-state index contributed by atoms with van der Waals surface area (Å²) in [7, 11) is 0. The SMILES string of the molecule is Cc1ccc(NC(=O)[C@H](Sc2nnc(C)n2Cc2ccccc2)c2ccccc2)cc1. The number of aryl methyl sites for hydroxylation is 2. The van der Waals surface area contributed by atoms with E-state index in [1.165, 1.54) is 11.8 Å². The van der Waals surface area contributed by atoms with Gasteiger partial charge in [0.1, 0.15) is 11.1 Å². The lowest BCUT2D eigenvalue weighted by molar-refractivity contribution is -0.115. The molecule has 1 heterocycles. The highest BCUT2D eigenvalue weighted by Gasteiger charge is 2.25. The van der Waals surface area contributed by atoms with Crippen molar-refractivity contribution in [1.82, 2.24) is 14.8 Å². The number of carbonyl (C=O) groups is 1. The van der Waals surface area contributed by atoms with Crippen LogP contribution in [0.1, 0.15) is 27.8 Å². The largest absolute Gasteiger partial charge is 0.325 e. The number of amides is 1. The Morgan fingerprint density at radius 3 is 2.23 bits per heavy atom. The molecule has 0 fully saturated rings. The minimum Gasteiger partial charge on any atom is -0.325 e. The fraction of sp³-hybridized carbons (Fsp3) is 0.160. The van der Waals surface area contributed by atoms with Crippen LogP contribution in [0, 0.1) is 13.8 Å². The van der Waals surface area contributed by atoms with E-state index < -0.39 is 5.25 Å². The topological polar surface area (TPSA) is 59.8 Å². The molecule has 0 aliphatic heterocycles. The quantitative estimate of drug-likeness (QED) is 0.400. The van der Waals surface area contributed by atoms with Crippen molar-refractivity contribution in [2.45, 2.75) is 30.8 Å². The summed E-state index contributed by atoms with van der Waals surface area (Å²) in [6, 6.07) is 27.8. The zero-order valence-electron chi connectivity index (χ0n) is 17.5. The summed E-state index contributed by atoms with van der Waals surface area (Å²) in [5.41, 5.74) is 4.01. The molecule has 1 atom stereocenters. The van der Waals surface area contributed by atoms with E-state index in [2.05, 4.69) is 32.2 Å². The van der Waals surface area contributed by atoms with Gasteiger partial charge >= 0.3 is 0 Å². The van der Waals surface area contributed by atoms with Gasteiger partial charge in [-0.1, -0.05) is 90.1 Å². The van der Waals surface area contributed by atoms with E-state index in [-0.39, 0.29) is 5.91 Å². The fourth-order valence-corrected chi connectivity index (χ4v) is 4.33. The van der Waals surface area contributed by atoms with Gasteiger partial charge in [0.05, 0.1) is 6.54 Å². The van der Waals surface area contributed by atoms with Gasteiger partial charge in [-0.05, 0) is 37.1 Å². The van der Waals surface area contributed by atoms with Crippen molar-refractivity contribution in [3.8, 4) is 0 Å². The number of nitrogens with one attached hydrogen (secondary N) is 1. The smallest absolute Gasteiger partial charge is 0.242 e. The highest BCUT2D eigenvalue weighted by molar-refractivity contribution is 8.00. The van der Waals surface area contributed by atoms with Gasteiger partial charge < -0.3 is 9.88 Å². The summed E-state index contributed by atoms with van der Waals surface area (Å²) >= 11 is 1.42. The number of hydrogen-bond donors (Lipinski definition) is 1. The average Bonchev–Trinajstić information content (AvgIpc) is 3.14. The van der Waals surface area contributed by atoms with E-state index >= 15 is 0 Å². The fourth-order valence-electron chi connectivity index (χ4n) is 3.25. The molecule has 6 heteroatoms. The Balaban J connectivity index is 1.61. The van der Waals surface area contributed by atoms with Crippen LogP contribution in [0.25, 0.3) is 0 Å². The molecule has 31 heavy (non-hydrogen) atoms. The average molecular weight is 429 g/mol. The normalized spacial score (nSPS) is 11.8. The van der Waals surface area contributed by atoms with Crippen LogP contribution in [0.15, 0.2) is 90.1 Å². The zero-order chi connectivity index (χ0) is 21.6. The number of thioether (sulfide) groups is 1. The number of carbonyl (C=O) groups excluding carboxylic acids is 1. The third-order valence-corrected chi connectivity index (χ3v) is 6.20. The molecule has 0 radical (unpaired) electrons. The summed E-state index contributed by atoms with van der Waals surface area (Å²) < 4.78 is 2.05. The first kappa shape index (κ1) is 20.9. The van der Waals surface area contributed by atoms with Crippen LogP contribution in [0.4, 0.5) is 5.69 Å². The van der Waals surface area contributed by atoms with Gasteiger partial charge in [0, 0.05) is 5.69 Å². The van der Waals surface area contributed by atoms with Crippen LogP contribution in [0.2, 0.25) is 0 Å². The minimum atomic E-state index is -0.458. The van der Waals surface area contributed by atoms with E-state index in [1.807, 2.05) is 86.6 Å². The van der Waals surface area contributed by atoms with Gasteiger partial charge in [-0.3, -0.25) is 4.79 Å². The van der Waals surface area contributed by atoms with Gasteiger partial charge in [-0.25, -0.2) is 0 Å². The minimum absolute atomic E-state index is 0.0908. The van der Waals surface area contributed by atoms with Crippen molar-refractivity contribution in [2.75, 3.05) is 5.32 Å². The molecule has 0 unspecified atom stereocenters. The molecule has 3 aromatic carbocycles. The first-order chi connectivity index (χ1) is 15.1. The van der Waals surface area contributed by atoms with E-state index in [9.17, 15) is 4.79 Å². The highest BCUT2D eigenvalue weighted by atomic mass is 32.2. The Kier molecular flexibility index (Phi) is 6.48. The van der Waals surface area contributed by atoms with Crippen LogP contribution >= 0.6 is 11.8 Å². The van der Waals surface area contributed by atoms with Crippen LogP contribution in [0.3, 0.4) is 0 Å². The third kappa shape index (κ3) is 5.22. The van der Waals surface area contributed by atoms with Crippen LogP contribution < -0.4 is 5.32 Å². The van der Waals surface area contributed by atoms with Gasteiger partial charge in [-0.15, -0.1) is 10.2 Å². The van der Waals surface area contributed by atoms with Crippen molar-refractivity contribution < 1.29 is 4.79 Å². The maximum Gasteiger partial charge on any atom is 0.242 e. The maximum absolute atomic E-state index is 13.3. The molecular formula is C25H24N4OS. The second kappa shape index (κ2) is 9.62. The van der Waals surface area contributed by atoms with E-state index in [4.69, 9.17) is 0 Å². The number of aromatic nitrogens is 3. The molecule has 5 nitrogen and oxygen atoms in total. The third-order valence-electron chi connectivity index (χ3n) is 4.97. The van der Waals surface area contributed by atoms with Crippen molar-refractivity contribution in [2.24, 2.45) is 0 Å². The number of benzene rings is 3. The van der Waals surface area contributed by atoms with Gasteiger partial charge in [-0.2, -0.15) is 0 Å². The molecule has 1 amide bonds. The van der Waals surface area contributed by atoms with Crippen molar-refractivity contribution in [3.63, 3.8) is 0 Å². The van der Waals surface area contributed by atoms with E-state index in [1.54, 1.807) is 0 Å². The molecule has 0 aliphatic carbocycles. The summed E-state index contributed by atoms with van der Waals surface area (Å²) in [5.74, 6) is 0.726. The number of hydrogen-bond acceptors (Lipinski definition) is 4. The van der Waals surface area contributed by atoms with E-state index in [0.29, 0.717) is 11.7 Å². The van der Waals surface area contributed by atoms with Crippen LogP contribution in [0.5, 0.6) is 0 Å². The second-order valence-corrected chi connectivity index (χ2v) is 8.44. The van der Waals surface area contributed by atoms with Gasteiger partial charge in [0.25, 0.3) is 0 Å². The predicted molar refractivity (Wildman–Crippen MR) is 125 cm³/mol. The zero-order valence-corrected chi connectivity index (χ0v) is 18.3. The predicted octanol–water partition coefficient (Wildman–Crippen LogP) is 5.42. The summed E-state index contributed by atoms with van der Waals surface area (Å²) in [6.45, 7) is 4.61.